The standard InChI is InChI=1S/C15H10Cl2O4/c16-9-1-3-10(4-2-9)21-11-5-6-12(13(17)7-11)15(8-20-15)14(18)19/h1-7H,8H2,(H,18,19). The minimum Gasteiger partial charge on any atom is -0.479 e. The maximum atomic E-state index is 11.2. The summed E-state index contributed by atoms with van der Waals surface area (Å²) in [5.41, 5.74) is -0.879. The molecule has 2 aromatic carbocycles. The van der Waals surface area contributed by atoms with E-state index >= 15 is 0 Å². The van der Waals surface area contributed by atoms with Crippen molar-refractivity contribution in [3.8, 4) is 11.5 Å². The van der Waals surface area contributed by atoms with Crippen LogP contribution < -0.4 is 4.74 Å². The highest BCUT2D eigenvalue weighted by Crippen LogP contribution is 2.43. The fraction of sp³-hybridized carbons (Fsp3) is 0.133. The Labute approximate surface area is 130 Å². The molecule has 1 unspecified atom stereocenters. The highest BCUT2D eigenvalue weighted by Gasteiger charge is 2.55. The first-order valence-corrected chi connectivity index (χ1v) is 6.88. The monoisotopic (exact) mass is 324 g/mol. The van der Waals surface area contributed by atoms with Crippen LogP contribution in [0.25, 0.3) is 0 Å². The van der Waals surface area contributed by atoms with Gasteiger partial charge in [0.25, 0.3) is 0 Å². The number of halogens is 2. The molecule has 1 N–H and O–H groups in total. The lowest BCUT2D eigenvalue weighted by Crippen LogP contribution is -2.21. The smallest absolute Gasteiger partial charge is 0.343 e. The van der Waals surface area contributed by atoms with Gasteiger partial charge in [-0.2, -0.15) is 0 Å². The number of epoxide rings is 1. The van der Waals surface area contributed by atoms with Gasteiger partial charge in [0.15, 0.2) is 0 Å². The molecule has 4 nitrogen and oxygen atoms in total. The summed E-state index contributed by atoms with van der Waals surface area (Å²) in [6.07, 6.45) is 0. The lowest BCUT2D eigenvalue weighted by Gasteiger charge is -2.11. The molecule has 21 heavy (non-hydrogen) atoms. The Morgan fingerprint density at radius 3 is 2.29 bits per heavy atom. The van der Waals surface area contributed by atoms with E-state index in [9.17, 15) is 9.90 Å². The molecule has 6 heteroatoms. The van der Waals surface area contributed by atoms with E-state index in [0.29, 0.717) is 27.1 Å². The SMILES string of the molecule is O=C(O)C1(c2ccc(Oc3ccc(Cl)cc3)cc2Cl)CO1. The molecule has 0 aliphatic carbocycles. The van der Waals surface area contributed by atoms with E-state index in [1.807, 2.05) is 0 Å². The Hall–Kier alpha value is -1.75. The largest absolute Gasteiger partial charge is 0.479 e. The first-order chi connectivity index (χ1) is 10.0. The van der Waals surface area contributed by atoms with Gasteiger partial charge < -0.3 is 14.6 Å². The van der Waals surface area contributed by atoms with E-state index < -0.39 is 11.6 Å². The average molecular weight is 325 g/mol. The normalized spacial score (nSPS) is 20.1. The lowest BCUT2D eigenvalue weighted by molar-refractivity contribution is -0.143. The number of hydrogen-bond acceptors (Lipinski definition) is 3. The van der Waals surface area contributed by atoms with Gasteiger partial charge in [-0.15, -0.1) is 0 Å². The molecule has 0 bridgehead atoms. The third-order valence-corrected chi connectivity index (χ3v) is 3.77. The second-order valence-corrected chi connectivity index (χ2v) is 5.46. The molecule has 3 rings (SSSR count). The van der Waals surface area contributed by atoms with Gasteiger partial charge in [-0.1, -0.05) is 29.3 Å². The van der Waals surface area contributed by atoms with Crippen LogP contribution in [0.1, 0.15) is 5.56 Å². The van der Waals surface area contributed by atoms with Crippen molar-refractivity contribution in [2.24, 2.45) is 0 Å². The van der Waals surface area contributed by atoms with Crippen molar-refractivity contribution in [3.05, 3.63) is 58.1 Å². The summed E-state index contributed by atoms with van der Waals surface area (Å²) in [6.45, 7) is 0.124. The summed E-state index contributed by atoms with van der Waals surface area (Å²) in [7, 11) is 0. The molecule has 2 aromatic rings. The van der Waals surface area contributed by atoms with Gasteiger partial charge in [-0.3, -0.25) is 0 Å². The van der Waals surface area contributed by atoms with E-state index in [0.717, 1.165) is 0 Å². The molecular formula is C15H10Cl2O4. The zero-order valence-electron chi connectivity index (χ0n) is 10.7. The van der Waals surface area contributed by atoms with Gasteiger partial charge in [0.05, 0.1) is 11.6 Å². The molecule has 108 valence electrons. The first-order valence-electron chi connectivity index (χ1n) is 6.12. The number of benzene rings is 2. The van der Waals surface area contributed by atoms with Crippen molar-refractivity contribution in [2.45, 2.75) is 5.60 Å². The number of rotatable bonds is 4. The third kappa shape index (κ3) is 2.70. The summed E-state index contributed by atoms with van der Waals surface area (Å²) in [4.78, 5) is 11.2. The van der Waals surface area contributed by atoms with Crippen molar-refractivity contribution < 1.29 is 19.4 Å². The number of aliphatic carboxylic acids is 1. The fourth-order valence-electron chi connectivity index (χ4n) is 1.99. The number of hydrogen-bond donors (Lipinski definition) is 1. The molecule has 0 aromatic heterocycles. The third-order valence-electron chi connectivity index (χ3n) is 3.20. The Kier molecular flexibility index (Phi) is 3.53. The minimum atomic E-state index is -1.31. The van der Waals surface area contributed by atoms with E-state index in [1.54, 1.807) is 42.5 Å². The molecule has 1 saturated heterocycles. The van der Waals surface area contributed by atoms with Crippen LogP contribution in [0.3, 0.4) is 0 Å². The maximum Gasteiger partial charge on any atom is 0.343 e. The Morgan fingerprint density at radius 1 is 1.14 bits per heavy atom. The lowest BCUT2D eigenvalue weighted by atomic mass is 10.00. The van der Waals surface area contributed by atoms with E-state index in [1.165, 1.54) is 0 Å². The highest BCUT2D eigenvalue weighted by atomic mass is 35.5. The van der Waals surface area contributed by atoms with E-state index in [4.69, 9.17) is 32.7 Å². The van der Waals surface area contributed by atoms with Gasteiger partial charge in [0.1, 0.15) is 11.5 Å². The topological polar surface area (TPSA) is 59.1 Å². The molecule has 1 atom stereocenters. The summed E-state index contributed by atoms with van der Waals surface area (Å²) in [5.74, 6) is 0.0712. The zero-order chi connectivity index (χ0) is 15.0. The predicted molar refractivity (Wildman–Crippen MR) is 78.2 cm³/mol. The molecule has 0 saturated carbocycles. The van der Waals surface area contributed by atoms with Crippen molar-refractivity contribution in [3.63, 3.8) is 0 Å². The molecule has 1 heterocycles. The molecule has 0 spiro atoms. The Bertz CT molecular complexity index is 693. The molecule has 1 aliphatic rings. The Balaban J connectivity index is 1.85. The van der Waals surface area contributed by atoms with Gasteiger partial charge in [-0.25, -0.2) is 4.79 Å². The molecule has 0 radical (unpaired) electrons. The summed E-state index contributed by atoms with van der Waals surface area (Å²) < 4.78 is 10.7. The van der Waals surface area contributed by atoms with Gasteiger partial charge in [0.2, 0.25) is 5.60 Å². The van der Waals surface area contributed by atoms with Gasteiger partial charge in [0, 0.05) is 10.6 Å². The fourth-order valence-corrected chi connectivity index (χ4v) is 2.44. The van der Waals surface area contributed by atoms with Crippen LogP contribution in [0.15, 0.2) is 42.5 Å². The average Bonchev–Trinajstić information content (AvgIpc) is 3.23. The van der Waals surface area contributed by atoms with Crippen LogP contribution in [-0.2, 0) is 15.1 Å². The van der Waals surface area contributed by atoms with Gasteiger partial charge >= 0.3 is 5.97 Å². The van der Waals surface area contributed by atoms with Crippen LogP contribution >= 0.6 is 23.2 Å². The minimum absolute atomic E-state index is 0.124. The highest BCUT2D eigenvalue weighted by molar-refractivity contribution is 6.32. The van der Waals surface area contributed by atoms with Crippen LogP contribution in [0.5, 0.6) is 11.5 Å². The number of ether oxygens (including phenoxy) is 2. The molecular weight excluding hydrogens is 315 g/mol. The number of carbonyl (C=O) groups is 1. The van der Waals surface area contributed by atoms with Crippen LogP contribution in [0, 0.1) is 0 Å². The van der Waals surface area contributed by atoms with Crippen molar-refractivity contribution in [2.75, 3.05) is 6.61 Å². The molecule has 0 amide bonds. The number of carboxylic acids is 1. The van der Waals surface area contributed by atoms with Crippen LogP contribution in [0.2, 0.25) is 10.0 Å². The first kappa shape index (κ1) is 14.2. The van der Waals surface area contributed by atoms with Crippen molar-refractivity contribution in [1.29, 1.82) is 0 Å². The second kappa shape index (κ2) is 5.22. The summed E-state index contributed by atoms with van der Waals surface area (Å²) in [5, 5.41) is 10.1. The van der Waals surface area contributed by atoms with Crippen molar-refractivity contribution >= 4 is 29.2 Å². The second-order valence-electron chi connectivity index (χ2n) is 4.62. The number of carboxylic acid groups (broad SMARTS) is 1. The van der Waals surface area contributed by atoms with Crippen LogP contribution in [0.4, 0.5) is 0 Å². The molecule has 1 aliphatic heterocycles. The van der Waals surface area contributed by atoms with E-state index in [-0.39, 0.29) is 6.61 Å². The summed E-state index contributed by atoms with van der Waals surface area (Å²) >= 11 is 11.9. The zero-order valence-corrected chi connectivity index (χ0v) is 12.2. The van der Waals surface area contributed by atoms with Gasteiger partial charge in [-0.05, 0) is 36.4 Å². The quantitative estimate of drug-likeness (QED) is 0.860. The van der Waals surface area contributed by atoms with Crippen LogP contribution in [-0.4, -0.2) is 17.7 Å². The maximum absolute atomic E-state index is 11.2. The predicted octanol–water partition coefficient (Wildman–Crippen LogP) is 4.10. The van der Waals surface area contributed by atoms with Crippen molar-refractivity contribution in [1.82, 2.24) is 0 Å². The van der Waals surface area contributed by atoms with E-state index in [2.05, 4.69) is 0 Å². The Morgan fingerprint density at radius 2 is 1.76 bits per heavy atom. The molecule has 1 fully saturated rings. The summed E-state index contributed by atoms with van der Waals surface area (Å²) in [6, 6.07) is 11.7.